The Labute approximate surface area is 189 Å². The van der Waals surface area contributed by atoms with Gasteiger partial charge in [-0.2, -0.15) is 0 Å². The number of rotatable bonds is 4. The van der Waals surface area contributed by atoms with Crippen LogP contribution in [0.3, 0.4) is 0 Å². The zero-order chi connectivity index (χ0) is 22.1. The summed E-state index contributed by atoms with van der Waals surface area (Å²) in [4.78, 5) is 31.7. The summed E-state index contributed by atoms with van der Waals surface area (Å²) in [7, 11) is 0. The van der Waals surface area contributed by atoms with Gasteiger partial charge in [-0.25, -0.2) is 15.0 Å². The van der Waals surface area contributed by atoms with Crippen LogP contribution in [0.2, 0.25) is 0 Å². The van der Waals surface area contributed by atoms with E-state index in [-0.39, 0.29) is 11.8 Å². The van der Waals surface area contributed by atoms with Gasteiger partial charge in [0.2, 0.25) is 5.91 Å². The first kappa shape index (κ1) is 20.9. The number of carbonyl (C=O) groups excluding carboxylic acids is 1. The molecule has 1 fully saturated rings. The number of hydrogen-bond donors (Lipinski definition) is 0. The van der Waals surface area contributed by atoms with Gasteiger partial charge in [-0.05, 0) is 57.2 Å². The van der Waals surface area contributed by atoms with Gasteiger partial charge in [-0.15, -0.1) is 0 Å². The van der Waals surface area contributed by atoms with Crippen LogP contribution >= 0.6 is 0 Å². The SMILES string of the molecule is CCN(C(=O)C1CCN(c2ncnc3c2nc2n3CCCCC2)CC1)c1cccc(C)c1. The number of aromatic nitrogens is 4. The summed E-state index contributed by atoms with van der Waals surface area (Å²) in [6, 6.07) is 8.22. The number of nitrogens with zero attached hydrogens (tertiary/aromatic N) is 6. The first-order valence-corrected chi connectivity index (χ1v) is 12.0. The number of amides is 1. The van der Waals surface area contributed by atoms with Crippen molar-refractivity contribution in [3.63, 3.8) is 0 Å². The summed E-state index contributed by atoms with van der Waals surface area (Å²) in [5.74, 6) is 2.34. The Morgan fingerprint density at radius 3 is 2.75 bits per heavy atom. The summed E-state index contributed by atoms with van der Waals surface area (Å²) in [5, 5.41) is 0. The van der Waals surface area contributed by atoms with E-state index < -0.39 is 0 Å². The van der Waals surface area contributed by atoms with Crippen LogP contribution in [0.1, 0.15) is 50.4 Å². The summed E-state index contributed by atoms with van der Waals surface area (Å²) in [6.45, 7) is 7.43. The van der Waals surface area contributed by atoms with E-state index in [0.717, 1.165) is 67.4 Å². The van der Waals surface area contributed by atoms with Crippen LogP contribution in [-0.2, 0) is 17.8 Å². The minimum Gasteiger partial charge on any atom is -0.355 e. The molecule has 2 aromatic heterocycles. The first-order chi connectivity index (χ1) is 15.7. The van der Waals surface area contributed by atoms with Gasteiger partial charge in [0.25, 0.3) is 0 Å². The van der Waals surface area contributed by atoms with Gasteiger partial charge >= 0.3 is 0 Å². The summed E-state index contributed by atoms with van der Waals surface area (Å²) >= 11 is 0. The predicted octanol–water partition coefficient (Wildman–Crippen LogP) is 4.13. The van der Waals surface area contributed by atoms with Crippen LogP contribution in [0.15, 0.2) is 30.6 Å². The standard InChI is InChI=1S/C25H32N6O/c1-3-30(20-9-7-8-18(2)16-20)25(32)19-11-14-29(15-12-19)23-22-24(27-17-26-23)31-13-6-4-5-10-21(31)28-22/h7-9,16-17,19H,3-6,10-15H2,1-2H3. The average Bonchev–Trinajstić information content (AvgIpc) is 3.00. The minimum atomic E-state index is 0.0442. The van der Waals surface area contributed by atoms with E-state index in [2.05, 4.69) is 45.4 Å². The molecule has 2 aliphatic heterocycles. The van der Waals surface area contributed by atoms with E-state index in [9.17, 15) is 4.79 Å². The number of anilines is 2. The second-order valence-electron chi connectivity index (χ2n) is 9.04. The molecule has 5 rings (SSSR count). The second kappa shape index (κ2) is 8.88. The highest BCUT2D eigenvalue weighted by Gasteiger charge is 2.30. The Morgan fingerprint density at radius 2 is 1.97 bits per heavy atom. The van der Waals surface area contributed by atoms with Gasteiger partial charge in [0.1, 0.15) is 12.2 Å². The monoisotopic (exact) mass is 432 g/mol. The lowest BCUT2D eigenvalue weighted by Crippen LogP contribution is -2.43. The second-order valence-corrected chi connectivity index (χ2v) is 9.04. The van der Waals surface area contributed by atoms with Crippen LogP contribution < -0.4 is 9.80 Å². The summed E-state index contributed by atoms with van der Waals surface area (Å²) < 4.78 is 2.28. The van der Waals surface area contributed by atoms with Crippen LogP contribution in [0, 0.1) is 12.8 Å². The highest BCUT2D eigenvalue weighted by molar-refractivity contribution is 5.95. The maximum atomic E-state index is 13.3. The molecule has 0 unspecified atom stereocenters. The van der Waals surface area contributed by atoms with Gasteiger partial charge in [-0.1, -0.05) is 18.6 Å². The molecule has 0 spiro atoms. The molecule has 0 aliphatic carbocycles. The molecule has 0 radical (unpaired) electrons. The molecule has 168 valence electrons. The normalized spacial score (nSPS) is 17.2. The summed E-state index contributed by atoms with van der Waals surface area (Å²) in [6.07, 6.45) is 7.97. The molecule has 3 aromatic rings. The fourth-order valence-electron chi connectivity index (χ4n) is 5.18. The molecule has 1 saturated heterocycles. The Balaban J connectivity index is 1.32. The van der Waals surface area contributed by atoms with Gasteiger partial charge in [0.15, 0.2) is 17.0 Å². The third-order valence-corrected chi connectivity index (χ3v) is 6.91. The third kappa shape index (κ3) is 3.85. The fraction of sp³-hybridized carbons (Fsp3) is 0.520. The first-order valence-electron chi connectivity index (χ1n) is 12.0. The highest BCUT2D eigenvalue weighted by Crippen LogP contribution is 2.30. The van der Waals surface area contributed by atoms with Crippen molar-refractivity contribution >= 4 is 28.6 Å². The van der Waals surface area contributed by atoms with E-state index in [1.165, 1.54) is 24.8 Å². The molecular formula is C25H32N6O. The molecule has 0 saturated carbocycles. The molecule has 32 heavy (non-hydrogen) atoms. The number of aryl methyl sites for hydroxylation is 3. The minimum absolute atomic E-state index is 0.0442. The molecule has 0 bridgehead atoms. The lowest BCUT2D eigenvalue weighted by molar-refractivity contribution is -0.122. The number of hydrogen-bond acceptors (Lipinski definition) is 5. The van der Waals surface area contributed by atoms with Crippen molar-refractivity contribution in [2.45, 2.75) is 58.9 Å². The molecule has 4 heterocycles. The van der Waals surface area contributed by atoms with E-state index in [4.69, 9.17) is 4.98 Å². The predicted molar refractivity (Wildman–Crippen MR) is 127 cm³/mol. The average molecular weight is 433 g/mol. The lowest BCUT2D eigenvalue weighted by atomic mass is 9.95. The van der Waals surface area contributed by atoms with E-state index in [1.54, 1.807) is 6.33 Å². The highest BCUT2D eigenvalue weighted by atomic mass is 16.2. The zero-order valence-electron chi connectivity index (χ0n) is 19.1. The van der Waals surface area contributed by atoms with Gasteiger partial charge in [-0.3, -0.25) is 4.79 Å². The maximum Gasteiger partial charge on any atom is 0.230 e. The topological polar surface area (TPSA) is 67.2 Å². The number of fused-ring (bicyclic) bond motifs is 3. The molecule has 2 aliphatic rings. The quantitative estimate of drug-likeness (QED) is 0.620. The largest absolute Gasteiger partial charge is 0.355 e. The Kier molecular flexibility index (Phi) is 5.81. The molecule has 0 N–H and O–H groups in total. The Bertz CT molecular complexity index is 1110. The Morgan fingerprint density at radius 1 is 1.12 bits per heavy atom. The lowest BCUT2D eigenvalue weighted by Gasteiger charge is -2.34. The number of carbonyl (C=O) groups is 1. The summed E-state index contributed by atoms with van der Waals surface area (Å²) in [5.41, 5.74) is 4.05. The Hall–Kier alpha value is -2.96. The van der Waals surface area contributed by atoms with Gasteiger partial charge in [0.05, 0.1) is 0 Å². The van der Waals surface area contributed by atoms with Crippen molar-refractivity contribution in [3.8, 4) is 0 Å². The molecular weight excluding hydrogens is 400 g/mol. The van der Waals surface area contributed by atoms with Crippen molar-refractivity contribution in [2.24, 2.45) is 5.92 Å². The van der Waals surface area contributed by atoms with Crippen LogP contribution in [0.25, 0.3) is 11.2 Å². The van der Waals surface area contributed by atoms with E-state index in [1.807, 2.05) is 17.0 Å². The number of piperidine rings is 1. The molecule has 0 atom stereocenters. The third-order valence-electron chi connectivity index (χ3n) is 6.91. The molecule has 7 nitrogen and oxygen atoms in total. The van der Waals surface area contributed by atoms with Gasteiger partial charge < -0.3 is 14.4 Å². The van der Waals surface area contributed by atoms with Crippen molar-refractivity contribution in [2.75, 3.05) is 29.4 Å². The number of benzene rings is 1. The van der Waals surface area contributed by atoms with Crippen molar-refractivity contribution in [3.05, 3.63) is 42.0 Å². The van der Waals surface area contributed by atoms with E-state index in [0.29, 0.717) is 6.54 Å². The van der Waals surface area contributed by atoms with E-state index >= 15 is 0 Å². The van der Waals surface area contributed by atoms with Crippen LogP contribution in [-0.4, -0.2) is 45.1 Å². The van der Waals surface area contributed by atoms with Crippen molar-refractivity contribution < 1.29 is 4.79 Å². The molecule has 1 amide bonds. The number of imidazole rings is 1. The zero-order valence-corrected chi connectivity index (χ0v) is 19.1. The van der Waals surface area contributed by atoms with Crippen molar-refractivity contribution in [1.82, 2.24) is 19.5 Å². The molecule has 1 aromatic carbocycles. The van der Waals surface area contributed by atoms with Crippen LogP contribution in [0.4, 0.5) is 11.5 Å². The fourth-order valence-corrected chi connectivity index (χ4v) is 5.18. The van der Waals surface area contributed by atoms with Gasteiger partial charge in [0, 0.05) is 44.2 Å². The maximum absolute atomic E-state index is 13.3. The smallest absolute Gasteiger partial charge is 0.230 e. The molecule has 7 heteroatoms. The van der Waals surface area contributed by atoms with Crippen molar-refractivity contribution in [1.29, 1.82) is 0 Å². The van der Waals surface area contributed by atoms with Crippen LogP contribution in [0.5, 0.6) is 0 Å².